The molecule has 1 heterocycles. The lowest BCUT2D eigenvalue weighted by Gasteiger charge is -2.30. The summed E-state index contributed by atoms with van der Waals surface area (Å²) in [6.45, 7) is 1.91. The second-order valence-corrected chi connectivity index (χ2v) is 2.65. The second-order valence-electron chi connectivity index (χ2n) is 2.65. The highest BCUT2D eigenvalue weighted by molar-refractivity contribution is 4.71. The quantitative estimate of drug-likeness (QED) is 0.586. The molecule has 1 fully saturated rings. The zero-order valence-electron chi connectivity index (χ0n) is 6.41. The fourth-order valence-electron chi connectivity index (χ4n) is 1.25. The van der Waals surface area contributed by atoms with Gasteiger partial charge in [0.25, 0.3) is 0 Å². The highest BCUT2D eigenvalue weighted by atomic mass is 16.6. The van der Waals surface area contributed by atoms with E-state index >= 15 is 0 Å². The number of methoxy groups -OCH3 is 1. The molecule has 0 aromatic rings. The summed E-state index contributed by atoms with van der Waals surface area (Å²) >= 11 is 0. The lowest BCUT2D eigenvalue weighted by molar-refractivity contribution is -0.198. The molecule has 3 nitrogen and oxygen atoms in total. The minimum absolute atomic E-state index is 0.0220. The van der Waals surface area contributed by atoms with Gasteiger partial charge in [0.1, 0.15) is 0 Å². The van der Waals surface area contributed by atoms with Gasteiger partial charge in [-0.1, -0.05) is 0 Å². The van der Waals surface area contributed by atoms with Crippen LogP contribution >= 0.6 is 0 Å². The molecule has 1 N–H and O–H groups in total. The number of aliphatic hydroxyl groups is 1. The Morgan fingerprint density at radius 3 is 2.70 bits per heavy atom. The Morgan fingerprint density at radius 2 is 2.20 bits per heavy atom. The molecule has 0 unspecified atom stereocenters. The van der Waals surface area contributed by atoms with E-state index in [0.717, 1.165) is 6.42 Å². The molecule has 0 aliphatic carbocycles. The Balaban J connectivity index is 2.36. The van der Waals surface area contributed by atoms with E-state index in [1.807, 2.05) is 6.92 Å². The van der Waals surface area contributed by atoms with Gasteiger partial charge in [0.15, 0.2) is 6.29 Å². The smallest absolute Gasteiger partial charge is 0.155 e. The summed E-state index contributed by atoms with van der Waals surface area (Å²) in [7, 11) is 1.67. The van der Waals surface area contributed by atoms with Gasteiger partial charge in [-0.25, -0.2) is 0 Å². The third-order valence-corrected chi connectivity index (χ3v) is 1.90. The van der Waals surface area contributed by atoms with Crippen molar-refractivity contribution in [3.63, 3.8) is 0 Å². The van der Waals surface area contributed by atoms with Crippen molar-refractivity contribution >= 4 is 0 Å². The van der Waals surface area contributed by atoms with E-state index in [2.05, 4.69) is 0 Å². The van der Waals surface area contributed by atoms with Crippen LogP contribution < -0.4 is 0 Å². The fourth-order valence-corrected chi connectivity index (χ4v) is 1.25. The molecule has 60 valence electrons. The normalized spacial score (nSPS) is 41.7. The van der Waals surface area contributed by atoms with Gasteiger partial charge in [0.05, 0.1) is 12.2 Å². The highest BCUT2D eigenvalue weighted by Gasteiger charge is 2.26. The van der Waals surface area contributed by atoms with Crippen LogP contribution in [0.5, 0.6) is 0 Å². The van der Waals surface area contributed by atoms with E-state index in [-0.39, 0.29) is 12.2 Å². The van der Waals surface area contributed by atoms with Crippen molar-refractivity contribution in [2.75, 3.05) is 7.11 Å². The van der Waals surface area contributed by atoms with Crippen molar-refractivity contribution < 1.29 is 14.6 Å². The van der Waals surface area contributed by atoms with Gasteiger partial charge in [-0.05, 0) is 13.3 Å². The van der Waals surface area contributed by atoms with Gasteiger partial charge in [-0.15, -0.1) is 0 Å². The van der Waals surface area contributed by atoms with Crippen molar-refractivity contribution in [3.05, 3.63) is 0 Å². The van der Waals surface area contributed by atoms with Gasteiger partial charge in [-0.2, -0.15) is 0 Å². The lowest BCUT2D eigenvalue weighted by atomic mass is 10.1. The lowest BCUT2D eigenvalue weighted by Crippen LogP contribution is -2.37. The number of rotatable bonds is 1. The average Bonchev–Trinajstić information content (AvgIpc) is 1.88. The molecule has 0 spiro atoms. The summed E-state index contributed by atoms with van der Waals surface area (Å²) in [5.74, 6) is 0. The van der Waals surface area contributed by atoms with E-state index in [0.29, 0.717) is 6.42 Å². The molecule has 1 rings (SSSR count). The minimum Gasteiger partial charge on any atom is -0.379 e. The molecule has 0 bridgehead atoms. The first-order valence-electron chi connectivity index (χ1n) is 3.60. The van der Waals surface area contributed by atoms with Crippen LogP contribution in [-0.2, 0) is 9.47 Å². The number of hydrogen-bond donors (Lipinski definition) is 1. The molecule has 3 atom stereocenters. The fraction of sp³-hybridized carbons (Fsp3) is 1.00. The van der Waals surface area contributed by atoms with Crippen LogP contribution in [0.25, 0.3) is 0 Å². The van der Waals surface area contributed by atoms with Gasteiger partial charge < -0.3 is 14.6 Å². The Kier molecular flexibility index (Phi) is 2.65. The molecule has 1 aliphatic rings. The predicted octanol–water partition coefficient (Wildman–Crippen LogP) is 0.519. The topological polar surface area (TPSA) is 38.7 Å². The van der Waals surface area contributed by atoms with Crippen molar-refractivity contribution in [1.29, 1.82) is 0 Å². The molecular weight excluding hydrogens is 132 g/mol. The number of hydrogen-bond acceptors (Lipinski definition) is 3. The first-order valence-corrected chi connectivity index (χ1v) is 3.60. The third kappa shape index (κ3) is 1.68. The van der Waals surface area contributed by atoms with Crippen molar-refractivity contribution in [2.45, 2.75) is 38.3 Å². The van der Waals surface area contributed by atoms with Gasteiger partial charge in [0, 0.05) is 13.5 Å². The van der Waals surface area contributed by atoms with Crippen LogP contribution in [0, 0.1) is 0 Å². The summed E-state index contributed by atoms with van der Waals surface area (Å²) in [6, 6.07) is 0. The maximum atomic E-state index is 9.02. The van der Waals surface area contributed by atoms with Crippen LogP contribution in [-0.4, -0.2) is 30.7 Å². The molecule has 1 aliphatic heterocycles. The standard InChI is InChI=1S/C7H14O3/c1-5-6(9-2)3-4-7(8)10-5/h5-8H,3-4H2,1-2H3/t5-,6-,7+/m0/s1. The van der Waals surface area contributed by atoms with Crippen LogP contribution in [0.1, 0.15) is 19.8 Å². The molecule has 1 saturated heterocycles. The van der Waals surface area contributed by atoms with E-state index in [1.54, 1.807) is 7.11 Å². The predicted molar refractivity (Wildman–Crippen MR) is 36.6 cm³/mol. The van der Waals surface area contributed by atoms with Gasteiger partial charge in [-0.3, -0.25) is 0 Å². The van der Waals surface area contributed by atoms with Crippen LogP contribution in [0.3, 0.4) is 0 Å². The molecule has 0 amide bonds. The van der Waals surface area contributed by atoms with Gasteiger partial charge >= 0.3 is 0 Å². The summed E-state index contributed by atoms with van der Waals surface area (Å²) in [6.07, 6.45) is 1.17. The van der Waals surface area contributed by atoms with E-state index in [9.17, 15) is 0 Å². The molecule has 0 aromatic heterocycles. The van der Waals surface area contributed by atoms with E-state index in [1.165, 1.54) is 0 Å². The molecular formula is C7H14O3. The van der Waals surface area contributed by atoms with E-state index < -0.39 is 6.29 Å². The second kappa shape index (κ2) is 3.32. The number of aliphatic hydroxyl groups excluding tert-OH is 1. The Morgan fingerprint density at radius 1 is 1.50 bits per heavy atom. The van der Waals surface area contributed by atoms with Crippen LogP contribution in [0.4, 0.5) is 0 Å². The SMILES string of the molecule is CO[C@H]1CC[C@H](O)O[C@H]1C. The van der Waals surface area contributed by atoms with Crippen molar-refractivity contribution in [3.8, 4) is 0 Å². The maximum absolute atomic E-state index is 9.02. The summed E-state index contributed by atoms with van der Waals surface area (Å²) in [5, 5.41) is 9.02. The molecule has 10 heavy (non-hydrogen) atoms. The third-order valence-electron chi connectivity index (χ3n) is 1.90. The zero-order valence-corrected chi connectivity index (χ0v) is 6.41. The summed E-state index contributed by atoms with van der Waals surface area (Å²) in [5.41, 5.74) is 0. The highest BCUT2D eigenvalue weighted by Crippen LogP contribution is 2.19. The first-order chi connectivity index (χ1) is 4.74. The minimum atomic E-state index is -0.582. The maximum Gasteiger partial charge on any atom is 0.155 e. The van der Waals surface area contributed by atoms with Crippen molar-refractivity contribution in [2.24, 2.45) is 0 Å². The van der Waals surface area contributed by atoms with Crippen LogP contribution in [0.15, 0.2) is 0 Å². The molecule has 0 aromatic carbocycles. The Labute approximate surface area is 60.9 Å². The summed E-state index contributed by atoms with van der Waals surface area (Å²) < 4.78 is 10.2. The van der Waals surface area contributed by atoms with Gasteiger partial charge in [0.2, 0.25) is 0 Å². The Bertz CT molecular complexity index is 105. The first kappa shape index (κ1) is 7.98. The molecule has 3 heteroatoms. The van der Waals surface area contributed by atoms with E-state index in [4.69, 9.17) is 14.6 Å². The zero-order chi connectivity index (χ0) is 7.56. The largest absolute Gasteiger partial charge is 0.379 e. The monoisotopic (exact) mass is 146 g/mol. The van der Waals surface area contributed by atoms with Crippen molar-refractivity contribution in [1.82, 2.24) is 0 Å². The average molecular weight is 146 g/mol. The summed E-state index contributed by atoms with van der Waals surface area (Å²) in [4.78, 5) is 0. The van der Waals surface area contributed by atoms with Crippen LogP contribution in [0.2, 0.25) is 0 Å². The Hall–Kier alpha value is -0.120. The molecule has 0 radical (unpaired) electrons. The molecule has 0 saturated carbocycles. The number of ether oxygens (including phenoxy) is 2.